The molecule has 2 aliphatic rings. The minimum Gasteiger partial charge on any atom is -0.444 e. The second-order valence-corrected chi connectivity index (χ2v) is 16.3. The Morgan fingerprint density at radius 1 is 0.610 bits per heavy atom. The van der Waals surface area contributed by atoms with E-state index < -0.39 is 23.5 Å². The standard InChI is InChI=1S/C23H33N7O3.C18H25N7O/c1-13-10-14(2)25-18(11-13)27-17-12-19(29-30-20(17)21(24)31)26-15-8-6-7-9-16(15)28-22(32)33-23(3,4)5;1-10-7-11(2)21-15(8-10)23-14-9-16(24-25-17(14)18(20)26)22-13-6-4-3-5-12(13)19/h10-12,15-16H,6-9H2,1-5H3,(H2,24,31)(H,28,32)(H2,25,26,27,29);7-9,12-13H,3-6,19H2,1-2H3,(H2,20,26)(H2,21,22,23,24)/t15-,16+;12-,13+/m10/s1. The first kappa shape index (κ1) is 43.9. The Bertz CT molecular complexity index is 2080. The Kier molecular flexibility index (Phi) is 14.5. The van der Waals surface area contributed by atoms with E-state index in [9.17, 15) is 14.4 Å². The number of ether oxygens (including phenoxy) is 1. The van der Waals surface area contributed by atoms with E-state index in [2.05, 4.69) is 56.9 Å². The molecular formula is C41H58N14O4. The number of pyridine rings is 2. The van der Waals surface area contributed by atoms with Crippen molar-refractivity contribution in [3.63, 3.8) is 0 Å². The molecule has 0 aliphatic heterocycles. The summed E-state index contributed by atoms with van der Waals surface area (Å²) < 4.78 is 5.41. The zero-order valence-corrected chi connectivity index (χ0v) is 35.0. The van der Waals surface area contributed by atoms with Crippen molar-refractivity contribution in [2.24, 2.45) is 17.2 Å². The van der Waals surface area contributed by atoms with Crippen molar-refractivity contribution in [2.75, 3.05) is 21.3 Å². The lowest BCUT2D eigenvalue weighted by atomic mass is 9.90. The van der Waals surface area contributed by atoms with Crippen LogP contribution in [0.4, 0.5) is 39.4 Å². The van der Waals surface area contributed by atoms with E-state index in [1.165, 1.54) is 0 Å². The number of aromatic nitrogens is 6. The third-order valence-corrected chi connectivity index (χ3v) is 9.73. The topological polar surface area (TPSA) is 276 Å². The van der Waals surface area contributed by atoms with Crippen LogP contribution in [0.2, 0.25) is 0 Å². The first-order valence-electron chi connectivity index (χ1n) is 20.0. The smallest absolute Gasteiger partial charge is 0.407 e. The number of amides is 3. The van der Waals surface area contributed by atoms with Crippen LogP contribution >= 0.6 is 0 Å². The fraction of sp³-hybridized carbons (Fsp3) is 0.488. The summed E-state index contributed by atoms with van der Waals surface area (Å²) >= 11 is 0. The monoisotopic (exact) mass is 810 g/mol. The third-order valence-electron chi connectivity index (χ3n) is 9.73. The molecule has 18 heteroatoms. The molecule has 2 fully saturated rings. The fourth-order valence-corrected chi connectivity index (χ4v) is 7.22. The highest BCUT2D eigenvalue weighted by molar-refractivity contribution is 5.98. The van der Waals surface area contributed by atoms with Crippen LogP contribution in [0.3, 0.4) is 0 Å². The molecular weight excluding hydrogens is 753 g/mol. The Morgan fingerprint density at radius 2 is 1.05 bits per heavy atom. The average molecular weight is 811 g/mol. The molecule has 0 aromatic carbocycles. The Hall–Kier alpha value is -6.17. The molecule has 2 saturated carbocycles. The van der Waals surface area contributed by atoms with Gasteiger partial charge < -0.3 is 48.5 Å². The van der Waals surface area contributed by atoms with Gasteiger partial charge in [0.25, 0.3) is 11.8 Å². The van der Waals surface area contributed by atoms with Gasteiger partial charge in [-0.05, 0) is 110 Å². The van der Waals surface area contributed by atoms with Gasteiger partial charge in [-0.3, -0.25) is 9.59 Å². The molecule has 0 spiro atoms. The van der Waals surface area contributed by atoms with E-state index in [1.807, 2.05) is 72.7 Å². The number of hydrogen-bond donors (Lipinski definition) is 8. The van der Waals surface area contributed by atoms with Crippen molar-refractivity contribution in [1.82, 2.24) is 35.7 Å². The van der Waals surface area contributed by atoms with Crippen molar-refractivity contribution in [1.29, 1.82) is 0 Å². The number of anilines is 6. The van der Waals surface area contributed by atoms with Crippen molar-refractivity contribution in [3.05, 3.63) is 70.3 Å². The van der Waals surface area contributed by atoms with E-state index in [-0.39, 0.29) is 35.6 Å². The second kappa shape index (κ2) is 19.5. The molecule has 6 rings (SSSR count). The molecule has 4 heterocycles. The number of carbonyl (C=O) groups is 3. The normalized spacial score (nSPS) is 19.0. The van der Waals surface area contributed by atoms with Crippen LogP contribution in [0, 0.1) is 27.7 Å². The lowest BCUT2D eigenvalue weighted by molar-refractivity contribution is 0.0488. The highest BCUT2D eigenvalue weighted by Gasteiger charge is 2.29. The third kappa shape index (κ3) is 13.2. The van der Waals surface area contributed by atoms with Crippen LogP contribution in [-0.4, -0.2) is 78.0 Å². The summed E-state index contributed by atoms with van der Waals surface area (Å²) in [5, 5.41) is 32.2. The molecule has 59 heavy (non-hydrogen) atoms. The zero-order chi connectivity index (χ0) is 42.9. The highest BCUT2D eigenvalue weighted by Crippen LogP contribution is 2.27. The van der Waals surface area contributed by atoms with Crippen LogP contribution < -0.4 is 43.8 Å². The molecule has 3 amide bonds. The lowest BCUT2D eigenvalue weighted by Crippen LogP contribution is -2.49. The van der Waals surface area contributed by atoms with Gasteiger partial charge in [-0.25, -0.2) is 14.8 Å². The molecule has 4 aromatic heterocycles. The summed E-state index contributed by atoms with van der Waals surface area (Å²) in [6, 6.07) is 11.1. The van der Waals surface area contributed by atoms with Gasteiger partial charge >= 0.3 is 6.09 Å². The molecule has 0 unspecified atom stereocenters. The van der Waals surface area contributed by atoms with Crippen LogP contribution in [0.5, 0.6) is 0 Å². The van der Waals surface area contributed by atoms with Crippen molar-refractivity contribution in [3.8, 4) is 0 Å². The minimum absolute atomic E-state index is 0.0218. The number of primary amides is 2. The predicted molar refractivity (Wildman–Crippen MR) is 228 cm³/mol. The first-order valence-corrected chi connectivity index (χ1v) is 20.0. The number of hydrogen-bond acceptors (Lipinski definition) is 15. The van der Waals surface area contributed by atoms with Gasteiger partial charge in [0, 0.05) is 41.6 Å². The van der Waals surface area contributed by atoms with Crippen molar-refractivity contribution >= 4 is 52.6 Å². The minimum atomic E-state index is -0.692. The number of nitrogens with two attached hydrogens (primary N) is 3. The Morgan fingerprint density at radius 3 is 1.49 bits per heavy atom. The summed E-state index contributed by atoms with van der Waals surface area (Å²) in [5.41, 5.74) is 21.4. The summed E-state index contributed by atoms with van der Waals surface area (Å²) in [6.07, 6.45) is 7.52. The van der Waals surface area contributed by atoms with Gasteiger partial charge in [-0.15, -0.1) is 20.4 Å². The fourth-order valence-electron chi connectivity index (χ4n) is 7.22. The molecule has 316 valence electrons. The van der Waals surface area contributed by atoms with Gasteiger partial charge in [0.05, 0.1) is 17.4 Å². The van der Waals surface area contributed by atoms with Crippen molar-refractivity contribution < 1.29 is 19.1 Å². The van der Waals surface area contributed by atoms with E-state index >= 15 is 0 Å². The van der Waals surface area contributed by atoms with Crippen LogP contribution in [0.25, 0.3) is 0 Å². The number of rotatable bonds is 11. The molecule has 0 radical (unpaired) electrons. The van der Waals surface area contributed by atoms with Gasteiger partial charge in [-0.2, -0.15) is 0 Å². The molecule has 11 N–H and O–H groups in total. The summed E-state index contributed by atoms with van der Waals surface area (Å²) in [4.78, 5) is 44.8. The summed E-state index contributed by atoms with van der Waals surface area (Å²) in [6.45, 7) is 13.3. The maximum Gasteiger partial charge on any atom is 0.407 e. The van der Waals surface area contributed by atoms with E-state index in [0.29, 0.717) is 34.6 Å². The number of nitrogens with one attached hydrogen (secondary N) is 5. The Labute approximate surface area is 345 Å². The van der Waals surface area contributed by atoms with Gasteiger partial charge in [0.15, 0.2) is 23.0 Å². The lowest BCUT2D eigenvalue weighted by Gasteiger charge is -2.33. The molecule has 0 bridgehead atoms. The molecule has 4 aromatic rings. The largest absolute Gasteiger partial charge is 0.444 e. The van der Waals surface area contributed by atoms with Gasteiger partial charge in [-0.1, -0.05) is 25.7 Å². The second-order valence-electron chi connectivity index (χ2n) is 16.3. The first-order chi connectivity index (χ1) is 27.9. The van der Waals surface area contributed by atoms with Gasteiger partial charge in [0.1, 0.15) is 17.2 Å². The van der Waals surface area contributed by atoms with Crippen LogP contribution in [0.1, 0.15) is 116 Å². The van der Waals surface area contributed by atoms with E-state index in [0.717, 1.165) is 73.9 Å². The maximum atomic E-state index is 12.3. The average Bonchev–Trinajstić information content (AvgIpc) is 3.12. The Balaban J connectivity index is 0.000000230. The SMILES string of the molecule is Cc1cc(C)nc(Nc2cc(N[C@@H]3CCCC[C@@H]3N)nnc2C(N)=O)c1.Cc1cc(C)nc(Nc2cc(N[C@@H]3CCCC[C@@H]3NC(=O)OC(C)(C)C)nnc2C(N)=O)c1. The summed E-state index contributed by atoms with van der Waals surface area (Å²) in [7, 11) is 0. The molecule has 0 saturated heterocycles. The quantitative estimate of drug-likeness (QED) is 0.0917. The van der Waals surface area contributed by atoms with Crippen molar-refractivity contribution in [2.45, 2.75) is 130 Å². The van der Waals surface area contributed by atoms with Crippen LogP contribution in [0.15, 0.2) is 36.4 Å². The zero-order valence-electron chi connectivity index (χ0n) is 35.0. The van der Waals surface area contributed by atoms with Crippen LogP contribution in [-0.2, 0) is 4.74 Å². The maximum absolute atomic E-state index is 12.3. The number of carbonyl (C=O) groups excluding carboxylic acids is 3. The highest BCUT2D eigenvalue weighted by atomic mass is 16.6. The molecule has 2 aliphatic carbocycles. The number of alkyl carbamates (subject to hydrolysis) is 1. The molecule has 18 nitrogen and oxygen atoms in total. The van der Waals surface area contributed by atoms with Gasteiger partial charge in [0.2, 0.25) is 0 Å². The number of nitrogens with zero attached hydrogens (tertiary/aromatic N) is 6. The molecule has 4 atom stereocenters. The predicted octanol–water partition coefficient (Wildman–Crippen LogP) is 5.59. The van der Waals surface area contributed by atoms with E-state index in [4.69, 9.17) is 21.9 Å². The summed E-state index contributed by atoms with van der Waals surface area (Å²) in [5.74, 6) is 0.891. The van der Waals surface area contributed by atoms with E-state index in [1.54, 1.807) is 12.1 Å². The number of aryl methyl sites for hydroxylation is 4.